The number of nitrogens with zero attached hydrogens (tertiary/aromatic N) is 1. The van der Waals surface area contributed by atoms with Crippen LogP contribution in [0, 0.1) is 0 Å². The van der Waals surface area contributed by atoms with Gasteiger partial charge in [-0.2, -0.15) is 0 Å². The number of hydrogen-bond donors (Lipinski definition) is 8. The van der Waals surface area contributed by atoms with Crippen LogP contribution in [0.15, 0.2) is 12.7 Å². The van der Waals surface area contributed by atoms with E-state index in [-0.39, 0.29) is 19.0 Å². The van der Waals surface area contributed by atoms with E-state index in [1.54, 1.807) is 6.08 Å². The van der Waals surface area contributed by atoms with E-state index < -0.39 is 80.6 Å². The first-order valence-corrected chi connectivity index (χ1v) is 11.0. The van der Waals surface area contributed by atoms with Crippen LogP contribution in [0.1, 0.15) is 6.42 Å². The lowest BCUT2D eigenvalue weighted by molar-refractivity contribution is -0.347. The Kier molecular flexibility index (Phi) is 11.2. The molecule has 0 aromatic rings. The van der Waals surface area contributed by atoms with Gasteiger partial charge in [0.05, 0.1) is 13.2 Å². The van der Waals surface area contributed by atoms with Crippen molar-refractivity contribution in [2.75, 3.05) is 32.2 Å². The molecule has 2 fully saturated rings. The van der Waals surface area contributed by atoms with E-state index >= 15 is 0 Å². The van der Waals surface area contributed by atoms with E-state index in [9.17, 15) is 40.5 Å². The van der Waals surface area contributed by atoms with Gasteiger partial charge in [-0.3, -0.25) is 4.90 Å². The molecule has 0 aromatic heterocycles. The topological polar surface area (TPSA) is 202 Å². The van der Waals surface area contributed by atoms with Gasteiger partial charge in [-0.1, -0.05) is 6.08 Å². The number of alkyl halides is 1. The molecule has 8 N–H and O–H groups in total. The lowest BCUT2D eigenvalue weighted by Gasteiger charge is -2.48. The van der Waals surface area contributed by atoms with E-state index in [0.29, 0.717) is 6.42 Å². The van der Waals surface area contributed by atoms with E-state index in [2.05, 4.69) is 11.9 Å². The first-order valence-electron chi connectivity index (χ1n) is 10.5. The van der Waals surface area contributed by atoms with Crippen molar-refractivity contribution in [1.29, 1.82) is 0 Å². The molecule has 0 aromatic carbocycles. The normalized spacial score (nSPS) is 39.2. The number of ether oxygens (including phenoxy) is 3. The van der Waals surface area contributed by atoms with Gasteiger partial charge in [-0.15, -0.1) is 18.2 Å². The molecule has 0 aliphatic carbocycles. The first-order chi connectivity index (χ1) is 15.7. The van der Waals surface area contributed by atoms with Crippen molar-refractivity contribution < 1.29 is 54.8 Å². The van der Waals surface area contributed by atoms with Crippen LogP contribution in [-0.2, 0) is 14.2 Å². The van der Waals surface area contributed by atoms with Crippen molar-refractivity contribution in [3.8, 4) is 0 Å². The minimum Gasteiger partial charge on any atom is -0.394 e. The number of rotatable bonds is 10. The third-order valence-electron chi connectivity index (χ3n) is 5.49. The molecule has 0 spiro atoms. The van der Waals surface area contributed by atoms with Gasteiger partial charge in [0.25, 0.3) is 0 Å². The minimum absolute atomic E-state index is 0.0719. The lowest BCUT2D eigenvalue weighted by Crippen LogP contribution is -2.67. The van der Waals surface area contributed by atoms with Crippen LogP contribution >= 0.6 is 11.6 Å². The summed E-state index contributed by atoms with van der Waals surface area (Å²) in [6.07, 6.45) is -13.7. The van der Waals surface area contributed by atoms with Gasteiger partial charge in [0.15, 0.2) is 12.5 Å². The summed E-state index contributed by atoms with van der Waals surface area (Å²) in [5, 5.41) is 73.1. The molecule has 2 amide bonds. The summed E-state index contributed by atoms with van der Waals surface area (Å²) in [5.74, 6) is 0.145. The Morgan fingerprint density at radius 3 is 2.24 bits per heavy atom. The van der Waals surface area contributed by atoms with Crippen molar-refractivity contribution in [2.45, 2.75) is 67.8 Å². The highest BCUT2D eigenvalue weighted by molar-refractivity contribution is 6.18. The van der Waals surface area contributed by atoms with E-state index in [0.717, 1.165) is 4.90 Å². The largest absolute Gasteiger partial charge is 0.394 e. The van der Waals surface area contributed by atoms with Gasteiger partial charge in [-0.25, -0.2) is 4.79 Å². The Hall–Kier alpha value is -1.10. The first kappa shape index (κ1) is 28.1. The summed E-state index contributed by atoms with van der Waals surface area (Å²) in [6.45, 7) is 2.40. The third-order valence-corrected chi connectivity index (χ3v) is 5.68. The summed E-state index contributed by atoms with van der Waals surface area (Å²) in [7, 11) is 0. The number of aliphatic hydroxyl groups is 7. The molecule has 2 saturated heterocycles. The Morgan fingerprint density at radius 1 is 1.00 bits per heavy atom. The number of halogens is 1. The van der Waals surface area contributed by atoms with Crippen LogP contribution in [0.5, 0.6) is 0 Å². The minimum atomic E-state index is -1.77. The van der Waals surface area contributed by atoms with E-state index in [1.807, 2.05) is 0 Å². The second-order valence-corrected chi connectivity index (χ2v) is 8.10. The quantitative estimate of drug-likeness (QED) is 0.109. The Bertz CT molecular complexity index is 629. The van der Waals surface area contributed by atoms with Gasteiger partial charge in [0, 0.05) is 19.0 Å². The second-order valence-electron chi connectivity index (χ2n) is 7.72. The summed E-state index contributed by atoms with van der Waals surface area (Å²) < 4.78 is 16.5. The molecule has 13 nitrogen and oxygen atoms in total. The molecular weight excluding hydrogens is 468 g/mol. The van der Waals surface area contributed by atoms with Crippen LogP contribution in [0.2, 0.25) is 0 Å². The van der Waals surface area contributed by atoms with Crippen LogP contribution < -0.4 is 5.32 Å². The number of hydrogen-bond acceptors (Lipinski definition) is 11. The average molecular weight is 501 g/mol. The lowest BCUT2D eigenvalue weighted by atomic mass is 9.96. The SMILES string of the molecule is C=CCCN(C(=O)NCCCl)C1O[C@H](CO)[C@@H](O[C@H]2O[C@H](CO)[C@@H](O)[C@H](O)[C@H]2O)[C@H](O)[C@H]1O. The number of carbonyl (C=O) groups excluding carboxylic acids is 1. The Morgan fingerprint density at radius 2 is 1.67 bits per heavy atom. The average Bonchev–Trinajstić information content (AvgIpc) is 2.81. The standard InChI is InChI=1S/C19H33ClN2O11/c1-2-3-6-22(19(30)21-5-4-20)17-14(28)13(27)16(10(8-24)31-17)33-18-15(29)12(26)11(25)9(7-23)32-18/h2,9-18,23-29H,1,3-8H2,(H,21,30)/t9-,10-,11-,12+,13-,14-,15-,16-,17?,18-/m1/s1. The fourth-order valence-electron chi connectivity index (χ4n) is 3.66. The zero-order valence-electron chi connectivity index (χ0n) is 17.9. The van der Waals surface area contributed by atoms with Gasteiger partial charge in [0.1, 0.15) is 48.8 Å². The fraction of sp³-hybridized carbons (Fsp3) is 0.842. The highest BCUT2D eigenvalue weighted by Gasteiger charge is 2.51. The maximum absolute atomic E-state index is 12.6. The Balaban J connectivity index is 2.19. The monoisotopic (exact) mass is 500 g/mol. The fourth-order valence-corrected chi connectivity index (χ4v) is 3.75. The molecule has 2 heterocycles. The van der Waals surface area contributed by atoms with Crippen LogP contribution in [0.25, 0.3) is 0 Å². The molecule has 14 heteroatoms. The van der Waals surface area contributed by atoms with Gasteiger partial charge < -0.3 is 55.3 Å². The van der Waals surface area contributed by atoms with E-state index in [1.165, 1.54) is 0 Å². The maximum atomic E-state index is 12.6. The molecule has 2 rings (SSSR count). The molecule has 0 saturated carbocycles. The molecule has 0 bridgehead atoms. The molecule has 192 valence electrons. The predicted molar refractivity (Wildman–Crippen MR) is 112 cm³/mol. The molecule has 10 atom stereocenters. The van der Waals surface area contributed by atoms with Crippen molar-refractivity contribution in [2.24, 2.45) is 0 Å². The predicted octanol–water partition coefficient (Wildman–Crippen LogP) is -3.56. The second kappa shape index (κ2) is 13.1. The van der Waals surface area contributed by atoms with Crippen molar-refractivity contribution >= 4 is 17.6 Å². The molecule has 0 radical (unpaired) electrons. The highest BCUT2D eigenvalue weighted by atomic mass is 35.5. The summed E-state index contributed by atoms with van der Waals surface area (Å²) in [5.41, 5.74) is 0. The van der Waals surface area contributed by atoms with Gasteiger partial charge in [0.2, 0.25) is 0 Å². The number of aliphatic hydroxyl groups excluding tert-OH is 7. The smallest absolute Gasteiger partial charge is 0.319 e. The van der Waals surface area contributed by atoms with Gasteiger partial charge in [-0.05, 0) is 6.42 Å². The van der Waals surface area contributed by atoms with Crippen molar-refractivity contribution in [3.63, 3.8) is 0 Å². The number of nitrogens with one attached hydrogen (secondary N) is 1. The zero-order valence-corrected chi connectivity index (χ0v) is 18.6. The maximum Gasteiger partial charge on any atom is 0.319 e. The van der Waals surface area contributed by atoms with E-state index in [4.69, 9.17) is 25.8 Å². The van der Waals surface area contributed by atoms with Gasteiger partial charge >= 0.3 is 6.03 Å². The number of carbonyl (C=O) groups is 1. The van der Waals surface area contributed by atoms with Crippen molar-refractivity contribution in [1.82, 2.24) is 10.2 Å². The molecule has 2 aliphatic heterocycles. The molecule has 1 unspecified atom stereocenters. The Labute approximate surface area is 195 Å². The zero-order chi connectivity index (χ0) is 24.7. The van der Waals surface area contributed by atoms with Crippen LogP contribution in [-0.4, -0.2) is 140 Å². The van der Waals surface area contributed by atoms with Crippen LogP contribution in [0.4, 0.5) is 4.79 Å². The number of urea groups is 1. The summed E-state index contributed by atoms with van der Waals surface area (Å²) in [6, 6.07) is -0.626. The third kappa shape index (κ3) is 6.52. The summed E-state index contributed by atoms with van der Waals surface area (Å²) in [4.78, 5) is 13.7. The highest BCUT2D eigenvalue weighted by Crippen LogP contribution is 2.30. The molecule has 33 heavy (non-hydrogen) atoms. The van der Waals surface area contributed by atoms with Crippen molar-refractivity contribution in [3.05, 3.63) is 12.7 Å². The van der Waals surface area contributed by atoms with Crippen LogP contribution in [0.3, 0.4) is 0 Å². The molecular formula is C19H33ClN2O11. The number of amides is 2. The molecule has 2 aliphatic rings. The summed E-state index contributed by atoms with van der Waals surface area (Å²) >= 11 is 5.60.